The van der Waals surface area contributed by atoms with Crippen molar-refractivity contribution in [3.63, 3.8) is 0 Å². The number of primary amides is 1. The van der Waals surface area contributed by atoms with Crippen LogP contribution in [-0.4, -0.2) is 42.5 Å². The fourth-order valence-corrected chi connectivity index (χ4v) is 2.38. The molecule has 0 spiro atoms. The summed E-state index contributed by atoms with van der Waals surface area (Å²) in [6, 6.07) is 0.541. The van der Waals surface area contributed by atoms with E-state index in [0.29, 0.717) is 11.5 Å². The third-order valence-corrected chi connectivity index (χ3v) is 4.46. The normalized spacial score (nSPS) is 17.0. The minimum absolute atomic E-state index is 0.254. The van der Waals surface area contributed by atoms with E-state index < -0.39 is 5.54 Å². The number of carbonyl (C=O) groups excluding carboxylic acids is 1. The van der Waals surface area contributed by atoms with Crippen molar-refractivity contribution in [2.45, 2.75) is 72.4 Å². The highest BCUT2D eigenvalue weighted by Crippen LogP contribution is 2.23. The number of carbonyl (C=O) groups is 1. The van der Waals surface area contributed by atoms with Gasteiger partial charge in [0, 0.05) is 6.04 Å². The van der Waals surface area contributed by atoms with Gasteiger partial charge in [0.2, 0.25) is 5.91 Å². The van der Waals surface area contributed by atoms with Crippen LogP contribution in [0.2, 0.25) is 0 Å². The van der Waals surface area contributed by atoms with E-state index in [9.17, 15) is 4.79 Å². The van der Waals surface area contributed by atoms with Gasteiger partial charge in [-0.2, -0.15) is 0 Å². The highest BCUT2D eigenvalue weighted by molar-refractivity contribution is 5.84. The van der Waals surface area contributed by atoms with Gasteiger partial charge in [0.05, 0.1) is 5.54 Å². The summed E-state index contributed by atoms with van der Waals surface area (Å²) in [4.78, 5) is 13.9. The van der Waals surface area contributed by atoms with Crippen LogP contribution in [0.3, 0.4) is 0 Å². The summed E-state index contributed by atoms with van der Waals surface area (Å²) in [5, 5.41) is 3.21. The molecule has 2 unspecified atom stereocenters. The zero-order valence-electron chi connectivity index (χ0n) is 14.5. The van der Waals surface area contributed by atoms with E-state index in [1.54, 1.807) is 0 Å². The summed E-state index contributed by atoms with van der Waals surface area (Å²) in [6.45, 7) is 14.8. The maximum Gasteiger partial charge on any atom is 0.237 e. The third kappa shape index (κ3) is 6.23. The molecule has 4 nitrogen and oxygen atoms in total. The van der Waals surface area contributed by atoms with E-state index in [1.807, 2.05) is 13.8 Å². The van der Waals surface area contributed by atoms with E-state index in [-0.39, 0.29) is 5.91 Å². The molecule has 0 aliphatic rings. The minimum Gasteiger partial charge on any atom is -0.368 e. The van der Waals surface area contributed by atoms with Crippen LogP contribution in [0.15, 0.2) is 0 Å². The predicted molar refractivity (Wildman–Crippen MR) is 86.7 cm³/mol. The van der Waals surface area contributed by atoms with Gasteiger partial charge in [-0.3, -0.25) is 4.79 Å². The molecule has 0 fully saturated rings. The summed E-state index contributed by atoms with van der Waals surface area (Å²) in [5.74, 6) is -0.254. The molecule has 0 aromatic heterocycles. The molecular weight excluding hydrogens is 250 g/mol. The second-order valence-corrected chi connectivity index (χ2v) is 7.21. The zero-order valence-corrected chi connectivity index (χ0v) is 14.5. The summed E-state index contributed by atoms with van der Waals surface area (Å²) < 4.78 is 0. The van der Waals surface area contributed by atoms with Gasteiger partial charge in [0.25, 0.3) is 0 Å². The van der Waals surface area contributed by atoms with Gasteiger partial charge in [0.15, 0.2) is 0 Å². The highest BCUT2D eigenvalue weighted by Gasteiger charge is 2.29. The van der Waals surface area contributed by atoms with Gasteiger partial charge in [-0.1, -0.05) is 27.7 Å². The van der Waals surface area contributed by atoms with Crippen LogP contribution in [-0.2, 0) is 4.79 Å². The van der Waals surface area contributed by atoms with E-state index in [4.69, 9.17) is 5.73 Å². The lowest BCUT2D eigenvalue weighted by molar-refractivity contribution is -0.124. The molecule has 0 bridgehead atoms. The SMILES string of the molecule is CCNC(C)(CCCCN(C)C(C)C(C)(C)C)C(N)=O. The molecule has 1 amide bonds. The number of hydrogen-bond donors (Lipinski definition) is 2. The van der Waals surface area contributed by atoms with Crippen molar-refractivity contribution < 1.29 is 4.79 Å². The van der Waals surface area contributed by atoms with Crippen LogP contribution in [0.1, 0.15) is 60.8 Å². The largest absolute Gasteiger partial charge is 0.368 e. The summed E-state index contributed by atoms with van der Waals surface area (Å²) in [5.41, 5.74) is 5.22. The summed E-state index contributed by atoms with van der Waals surface area (Å²) in [7, 11) is 2.17. The van der Waals surface area contributed by atoms with Gasteiger partial charge in [0.1, 0.15) is 0 Å². The maximum atomic E-state index is 11.5. The Morgan fingerprint density at radius 1 is 1.25 bits per heavy atom. The number of hydrogen-bond acceptors (Lipinski definition) is 3. The first-order valence-corrected chi connectivity index (χ1v) is 7.79. The summed E-state index contributed by atoms with van der Waals surface area (Å²) in [6.07, 6.45) is 2.90. The molecule has 0 rings (SSSR count). The van der Waals surface area contributed by atoms with Crippen molar-refractivity contribution in [3.05, 3.63) is 0 Å². The van der Waals surface area contributed by atoms with Crippen LogP contribution in [0, 0.1) is 5.41 Å². The van der Waals surface area contributed by atoms with Crippen molar-refractivity contribution in [2.24, 2.45) is 11.1 Å². The first-order chi connectivity index (χ1) is 9.04. The number of amides is 1. The first kappa shape index (κ1) is 19.4. The molecule has 0 aromatic rings. The lowest BCUT2D eigenvalue weighted by Gasteiger charge is -2.35. The van der Waals surface area contributed by atoms with Gasteiger partial charge >= 0.3 is 0 Å². The molecule has 20 heavy (non-hydrogen) atoms. The van der Waals surface area contributed by atoms with Crippen LogP contribution in [0.25, 0.3) is 0 Å². The molecule has 0 heterocycles. The molecule has 0 radical (unpaired) electrons. The molecule has 0 aliphatic carbocycles. The van der Waals surface area contributed by atoms with Crippen molar-refractivity contribution in [2.75, 3.05) is 20.1 Å². The number of unbranched alkanes of at least 4 members (excludes halogenated alkanes) is 1. The van der Waals surface area contributed by atoms with Crippen molar-refractivity contribution in [1.82, 2.24) is 10.2 Å². The molecule has 120 valence electrons. The Labute approximate surface area is 125 Å². The van der Waals surface area contributed by atoms with Crippen LogP contribution in [0.4, 0.5) is 0 Å². The smallest absolute Gasteiger partial charge is 0.237 e. The fraction of sp³-hybridized carbons (Fsp3) is 0.938. The standard InChI is InChI=1S/C16H35N3O/c1-8-18-16(6,14(17)20)11-9-10-12-19(7)13(2)15(3,4)5/h13,18H,8-12H2,1-7H3,(H2,17,20). The number of likely N-dealkylation sites (N-methyl/N-ethyl adjacent to an activating group) is 1. The second kappa shape index (κ2) is 7.99. The number of nitrogens with zero attached hydrogens (tertiary/aromatic N) is 1. The Morgan fingerprint density at radius 2 is 1.80 bits per heavy atom. The Kier molecular flexibility index (Phi) is 7.74. The quantitative estimate of drug-likeness (QED) is 0.639. The van der Waals surface area contributed by atoms with Gasteiger partial charge in [-0.05, 0) is 58.7 Å². The second-order valence-electron chi connectivity index (χ2n) is 7.21. The molecular formula is C16H35N3O. The van der Waals surface area contributed by atoms with Gasteiger partial charge in [-0.15, -0.1) is 0 Å². The monoisotopic (exact) mass is 285 g/mol. The number of rotatable bonds is 9. The predicted octanol–water partition coefficient (Wildman–Crippen LogP) is 2.38. The Hall–Kier alpha value is -0.610. The van der Waals surface area contributed by atoms with Crippen LogP contribution >= 0.6 is 0 Å². The maximum absolute atomic E-state index is 11.5. The molecule has 0 saturated carbocycles. The molecule has 0 aliphatic heterocycles. The Morgan fingerprint density at radius 3 is 2.20 bits per heavy atom. The van der Waals surface area contributed by atoms with E-state index >= 15 is 0 Å². The number of nitrogens with two attached hydrogens (primary N) is 1. The lowest BCUT2D eigenvalue weighted by Crippen LogP contribution is -2.53. The van der Waals surface area contributed by atoms with Crippen molar-refractivity contribution >= 4 is 5.91 Å². The van der Waals surface area contributed by atoms with E-state index in [2.05, 4.69) is 45.0 Å². The Balaban J connectivity index is 4.16. The molecule has 4 heteroatoms. The van der Waals surface area contributed by atoms with Crippen molar-refractivity contribution in [3.8, 4) is 0 Å². The van der Waals surface area contributed by atoms with Crippen LogP contribution < -0.4 is 11.1 Å². The average molecular weight is 285 g/mol. The third-order valence-electron chi connectivity index (χ3n) is 4.46. The average Bonchev–Trinajstić information content (AvgIpc) is 2.32. The van der Waals surface area contributed by atoms with Gasteiger partial charge in [-0.25, -0.2) is 0 Å². The van der Waals surface area contributed by atoms with Crippen molar-refractivity contribution in [1.29, 1.82) is 0 Å². The topological polar surface area (TPSA) is 58.4 Å². The lowest BCUT2D eigenvalue weighted by atomic mass is 9.87. The first-order valence-electron chi connectivity index (χ1n) is 7.79. The highest BCUT2D eigenvalue weighted by atomic mass is 16.1. The molecule has 2 atom stereocenters. The van der Waals surface area contributed by atoms with Crippen LogP contribution in [0.5, 0.6) is 0 Å². The van der Waals surface area contributed by atoms with E-state index in [0.717, 1.165) is 32.4 Å². The molecule has 3 N–H and O–H groups in total. The Bertz CT molecular complexity index is 299. The van der Waals surface area contributed by atoms with E-state index in [1.165, 1.54) is 0 Å². The summed E-state index contributed by atoms with van der Waals surface area (Å²) >= 11 is 0. The number of nitrogens with one attached hydrogen (secondary N) is 1. The minimum atomic E-state index is -0.567. The zero-order chi connectivity index (χ0) is 16.0. The molecule has 0 saturated heterocycles. The van der Waals surface area contributed by atoms with Gasteiger partial charge < -0.3 is 16.0 Å². The fourth-order valence-electron chi connectivity index (χ4n) is 2.38. The molecule has 0 aromatic carbocycles.